The molecule has 22 heavy (non-hydrogen) atoms. The number of amides is 3. The second kappa shape index (κ2) is 8.98. The molecule has 0 aromatic rings. The number of hydrogen-bond acceptors (Lipinski definition) is 3. The number of urea groups is 1. The number of carbonyl (C=O) groups is 2. The van der Waals surface area contributed by atoms with Gasteiger partial charge in [0.2, 0.25) is 5.91 Å². The van der Waals surface area contributed by atoms with Gasteiger partial charge < -0.3 is 20.3 Å². The van der Waals surface area contributed by atoms with E-state index in [4.69, 9.17) is 4.74 Å². The molecule has 1 saturated carbocycles. The van der Waals surface area contributed by atoms with Gasteiger partial charge in [0.05, 0.1) is 12.7 Å². The molecule has 126 valence electrons. The van der Waals surface area contributed by atoms with E-state index in [9.17, 15) is 9.59 Å². The number of morpholine rings is 1. The van der Waals surface area contributed by atoms with E-state index in [2.05, 4.69) is 10.6 Å². The fourth-order valence-corrected chi connectivity index (χ4v) is 3.13. The minimum atomic E-state index is -0.0978. The summed E-state index contributed by atoms with van der Waals surface area (Å²) in [5.74, 6) is 0.157. The number of ether oxygens (including phenoxy) is 1. The zero-order valence-corrected chi connectivity index (χ0v) is 13.6. The lowest BCUT2D eigenvalue weighted by molar-refractivity contribution is -0.138. The summed E-state index contributed by atoms with van der Waals surface area (Å²) in [4.78, 5) is 25.7. The quantitative estimate of drug-likeness (QED) is 0.758. The Morgan fingerprint density at radius 2 is 2.00 bits per heavy atom. The molecule has 6 heteroatoms. The van der Waals surface area contributed by atoms with Gasteiger partial charge in [-0.2, -0.15) is 0 Å². The first kappa shape index (κ1) is 17.1. The number of nitrogens with zero attached hydrogens (tertiary/aromatic N) is 1. The van der Waals surface area contributed by atoms with Crippen LogP contribution in [0.4, 0.5) is 4.79 Å². The van der Waals surface area contributed by atoms with E-state index in [1.807, 2.05) is 11.8 Å². The van der Waals surface area contributed by atoms with Crippen LogP contribution in [-0.2, 0) is 9.53 Å². The third-order valence-electron chi connectivity index (χ3n) is 4.39. The van der Waals surface area contributed by atoms with Crippen LogP contribution in [-0.4, -0.2) is 55.2 Å². The lowest BCUT2D eigenvalue weighted by Gasteiger charge is -2.31. The van der Waals surface area contributed by atoms with E-state index in [1.54, 1.807) is 0 Å². The summed E-state index contributed by atoms with van der Waals surface area (Å²) in [7, 11) is 0. The van der Waals surface area contributed by atoms with Crippen molar-refractivity contribution in [1.82, 2.24) is 15.5 Å². The Labute approximate surface area is 132 Å². The molecule has 2 aliphatic rings. The predicted octanol–water partition coefficient (Wildman–Crippen LogP) is 1.65. The van der Waals surface area contributed by atoms with Gasteiger partial charge in [0.25, 0.3) is 0 Å². The fraction of sp³-hybridized carbons (Fsp3) is 0.875. The minimum Gasteiger partial charge on any atom is -0.375 e. The van der Waals surface area contributed by atoms with Crippen molar-refractivity contribution in [2.45, 2.75) is 64.0 Å². The summed E-state index contributed by atoms with van der Waals surface area (Å²) in [6.07, 6.45) is 7.15. The molecule has 0 spiro atoms. The van der Waals surface area contributed by atoms with Crippen molar-refractivity contribution in [2.24, 2.45) is 0 Å². The monoisotopic (exact) mass is 311 g/mol. The second-order valence-corrected chi connectivity index (χ2v) is 6.36. The Bertz CT molecular complexity index is 370. The fourth-order valence-electron chi connectivity index (χ4n) is 3.13. The zero-order chi connectivity index (χ0) is 15.8. The van der Waals surface area contributed by atoms with E-state index in [0.717, 1.165) is 12.8 Å². The van der Waals surface area contributed by atoms with Gasteiger partial charge in [-0.15, -0.1) is 0 Å². The maximum Gasteiger partial charge on any atom is 0.315 e. The highest BCUT2D eigenvalue weighted by atomic mass is 16.5. The Morgan fingerprint density at radius 1 is 1.23 bits per heavy atom. The molecule has 1 saturated heterocycles. The molecule has 0 bridgehead atoms. The molecular weight excluding hydrogens is 282 g/mol. The second-order valence-electron chi connectivity index (χ2n) is 6.36. The Balaban J connectivity index is 1.54. The Hall–Kier alpha value is -1.30. The van der Waals surface area contributed by atoms with Crippen LogP contribution in [0.15, 0.2) is 0 Å². The van der Waals surface area contributed by atoms with E-state index < -0.39 is 0 Å². The molecule has 1 aliphatic heterocycles. The van der Waals surface area contributed by atoms with E-state index in [-0.39, 0.29) is 18.0 Å². The van der Waals surface area contributed by atoms with Gasteiger partial charge in [-0.25, -0.2) is 4.79 Å². The summed E-state index contributed by atoms with van der Waals surface area (Å²) >= 11 is 0. The molecule has 1 atom stereocenters. The number of carbonyl (C=O) groups excluding carboxylic acids is 2. The summed E-state index contributed by atoms with van der Waals surface area (Å²) < 4.78 is 5.43. The van der Waals surface area contributed by atoms with Gasteiger partial charge in [-0.1, -0.05) is 19.3 Å². The number of rotatable bonds is 5. The van der Waals surface area contributed by atoms with Crippen LogP contribution in [0, 0.1) is 0 Å². The van der Waals surface area contributed by atoms with Crippen LogP contribution in [0.1, 0.15) is 51.9 Å². The SMILES string of the molecule is CC1CN(C(=O)CCCNC(=O)NC2CCCCC2)CCO1. The van der Waals surface area contributed by atoms with Crippen molar-refractivity contribution in [1.29, 1.82) is 0 Å². The summed E-state index contributed by atoms with van der Waals surface area (Å²) in [5, 5.41) is 5.87. The normalized spacial score (nSPS) is 23.1. The first-order chi connectivity index (χ1) is 10.6. The third-order valence-corrected chi connectivity index (χ3v) is 4.39. The predicted molar refractivity (Wildman–Crippen MR) is 84.6 cm³/mol. The highest BCUT2D eigenvalue weighted by molar-refractivity contribution is 5.76. The van der Waals surface area contributed by atoms with Crippen LogP contribution < -0.4 is 10.6 Å². The van der Waals surface area contributed by atoms with Gasteiger partial charge in [0, 0.05) is 32.1 Å². The van der Waals surface area contributed by atoms with Crippen LogP contribution in [0.5, 0.6) is 0 Å². The van der Waals surface area contributed by atoms with Gasteiger partial charge >= 0.3 is 6.03 Å². The average Bonchev–Trinajstić information content (AvgIpc) is 2.52. The average molecular weight is 311 g/mol. The van der Waals surface area contributed by atoms with Gasteiger partial charge in [-0.05, 0) is 26.2 Å². The largest absolute Gasteiger partial charge is 0.375 e. The summed E-state index contributed by atoms with van der Waals surface area (Å²) in [6.45, 7) is 4.50. The minimum absolute atomic E-state index is 0.0978. The van der Waals surface area contributed by atoms with Crippen LogP contribution in [0.3, 0.4) is 0 Å². The van der Waals surface area contributed by atoms with Crippen molar-refractivity contribution >= 4 is 11.9 Å². The molecule has 1 heterocycles. The molecule has 2 N–H and O–H groups in total. The molecule has 1 aliphatic carbocycles. The smallest absolute Gasteiger partial charge is 0.315 e. The summed E-state index contributed by atoms with van der Waals surface area (Å²) in [5.41, 5.74) is 0. The molecule has 0 radical (unpaired) electrons. The first-order valence-electron chi connectivity index (χ1n) is 8.59. The molecule has 1 unspecified atom stereocenters. The number of hydrogen-bond donors (Lipinski definition) is 2. The molecule has 2 rings (SSSR count). The summed E-state index contributed by atoms with van der Waals surface area (Å²) in [6, 6.07) is 0.226. The molecule has 3 amide bonds. The van der Waals surface area contributed by atoms with Crippen LogP contribution >= 0.6 is 0 Å². The van der Waals surface area contributed by atoms with Crippen molar-refractivity contribution in [2.75, 3.05) is 26.2 Å². The maximum absolute atomic E-state index is 12.0. The van der Waals surface area contributed by atoms with Gasteiger partial charge in [0.15, 0.2) is 0 Å². The van der Waals surface area contributed by atoms with Crippen molar-refractivity contribution in [3.05, 3.63) is 0 Å². The molecular formula is C16H29N3O3. The zero-order valence-electron chi connectivity index (χ0n) is 13.6. The van der Waals surface area contributed by atoms with Crippen molar-refractivity contribution < 1.29 is 14.3 Å². The number of nitrogens with one attached hydrogen (secondary N) is 2. The van der Waals surface area contributed by atoms with E-state index in [0.29, 0.717) is 45.1 Å². The molecule has 0 aromatic carbocycles. The molecule has 2 fully saturated rings. The van der Waals surface area contributed by atoms with Crippen molar-refractivity contribution in [3.8, 4) is 0 Å². The topological polar surface area (TPSA) is 70.7 Å². The highest BCUT2D eigenvalue weighted by Crippen LogP contribution is 2.17. The van der Waals surface area contributed by atoms with Gasteiger partial charge in [-0.3, -0.25) is 4.79 Å². The standard InChI is InChI=1S/C16H29N3O3/c1-13-12-19(10-11-22-13)15(20)8-5-9-17-16(21)18-14-6-3-2-4-7-14/h13-14H,2-12H2,1H3,(H2,17,18,21). The van der Waals surface area contributed by atoms with E-state index in [1.165, 1.54) is 19.3 Å². The first-order valence-corrected chi connectivity index (χ1v) is 8.59. The lowest BCUT2D eigenvalue weighted by atomic mass is 9.96. The van der Waals surface area contributed by atoms with E-state index >= 15 is 0 Å². The third kappa shape index (κ3) is 5.83. The maximum atomic E-state index is 12.0. The van der Waals surface area contributed by atoms with Crippen LogP contribution in [0.2, 0.25) is 0 Å². The van der Waals surface area contributed by atoms with Crippen LogP contribution in [0.25, 0.3) is 0 Å². The molecule has 0 aromatic heterocycles. The highest BCUT2D eigenvalue weighted by Gasteiger charge is 2.21. The van der Waals surface area contributed by atoms with Gasteiger partial charge in [0.1, 0.15) is 0 Å². The lowest BCUT2D eigenvalue weighted by Crippen LogP contribution is -2.45. The Morgan fingerprint density at radius 3 is 2.73 bits per heavy atom. The molecule has 6 nitrogen and oxygen atoms in total. The Kier molecular flexibility index (Phi) is 6.96. The van der Waals surface area contributed by atoms with Crippen molar-refractivity contribution in [3.63, 3.8) is 0 Å².